The van der Waals surface area contributed by atoms with Crippen molar-refractivity contribution in [2.75, 3.05) is 31.2 Å². The van der Waals surface area contributed by atoms with Crippen LogP contribution < -0.4 is 5.32 Å². The van der Waals surface area contributed by atoms with Crippen molar-refractivity contribution in [1.82, 2.24) is 5.32 Å². The molecule has 0 aliphatic heterocycles. The molecule has 0 rings (SSSR count). The van der Waals surface area contributed by atoms with Crippen LogP contribution in [-0.2, 0) is 9.84 Å². The van der Waals surface area contributed by atoms with Crippen molar-refractivity contribution in [2.45, 2.75) is 40.0 Å². The molecule has 0 radical (unpaired) electrons. The fraction of sp³-hybridized carbons (Fsp3) is 1.00. The van der Waals surface area contributed by atoms with E-state index in [-0.39, 0.29) is 23.5 Å². The third kappa shape index (κ3) is 6.38. The molecule has 0 unspecified atom stereocenters. The summed E-state index contributed by atoms with van der Waals surface area (Å²) in [5.41, 5.74) is -0.0520. The Bertz CT molecular complexity index is 276. The van der Waals surface area contributed by atoms with Crippen LogP contribution in [0.3, 0.4) is 0 Å². The SMILES string of the molecule is CCC(CC)(CO)CNCCCS(=O)(=O)CC. The van der Waals surface area contributed by atoms with E-state index in [0.717, 1.165) is 19.4 Å². The maximum Gasteiger partial charge on any atom is 0.150 e. The first-order valence-corrected chi connectivity index (χ1v) is 8.29. The Balaban J connectivity index is 3.84. The molecule has 4 nitrogen and oxygen atoms in total. The standard InChI is InChI=1S/C12H27NO3S/c1-4-12(5-2,11-14)10-13-8-7-9-17(15,16)6-3/h13-14H,4-11H2,1-3H3. The Hall–Kier alpha value is -0.130. The number of sulfone groups is 1. The number of hydrogen-bond donors (Lipinski definition) is 2. The minimum absolute atomic E-state index is 0.0520. The molecule has 0 aromatic heterocycles. The highest BCUT2D eigenvalue weighted by atomic mass is 32.2. The van der Waals surface area contributed by atoms with Gasteiger partial charge in [-0.3, -0.25) is 0 Å². The van der Waals surface area contributed by atoms with Gasteiger partial charge in [-0.25, -0.2) is 8.42 Å². The van der Waals surface area contributed by atoms with Crippen LogP contribution in [0.1, 0.15) is 40.0 Å². The third-order valence-corrected chi connectivity index (χ3v) is 5.37. The lowest BCUT2D eigenvalue weighted by Gasteiger charge is -2.29. The van der Waals surface area contributed by atoms with Crippen LogP contribution in [0.4, 0.5) is 0 Å². The molecule has 0 saturated carbocycles. The monoisotopic (exact) mass is 265 g/mol. The van der Waals surface area contributed by atoms with Crippen LogP contribution in [-0.4, -0.2) is 44.7 Å². The van der Waals surface area contributed by atoms with Gasteiger partial charge in [-0.15, -0.1) is 0 Å². The number of nitrogens with one attached hydrogen (secondary N) is 1. The molecule has 0 aromatic carbocycles. The first-order valence-electron chi connectivity index (χ1n) is 6.47. The average molecular weight is 265 g/mol. The van der Waals surface area contributed by atoms with Crippen molar-refractivity contribution in [1.29, 1.82) is 0 Å². The topological polar surface area (TPSA) is 66.4 Å². The third-order valence-electron chi connectivity index (χ3n) is 3.58. The van der Waals surface area contributed by atoms with Crippen molar-refractivity contribution in [3.63, 3.8) is 0 Å². The number of rotatable bonds is 10. The zero-order chi connectivity index (χ0) is 13.4. The summed E-state index contributed by atoms with van der Waals surface area (Å²) in [6.45, 7) is 7.45. The lowest BCUT2D eigenvalue weighted by Crippen LogP contribution is -2.37. The average Bonchev–Trinajstić information content (AvgIpc) is 2.34. The van der Waals surface area contributed by atoms with E-state index in [9.17, 15) is 13.5 Å². The summed E-state index contributed by atoms with van der Waals surface area (Å²) in [5.74, 6) is 0.471. The van der Waals surface area contributed by atoms with E-state index in [1.54, 1.807) is 6.92 Å². The first-order chi connectivity index (χ1) is 7.95. The van der Waals surface area contributed by atoms with Gasteiger partial charge in [-0.1, -0.05) is 20.8 Å². The van der Waals surface area contributed by atoms with Crippen LogP contribution in [0.2, 0.25) is 0 Å². The van der Waals surface area contributed by atoms with Crippen LogP contribution in [0.25, 0.3) is 0 Å². The van der Waals surface area contributed by atoms with E-state index in [1.807, 2.05) is 0 Å². The Morgan fingerprint density at radius 1 is 1.18 bits per heavy atom. The van der Waals surface area contributed by atoms with Crippen LogP contribution in [0, 0.1) is 5.41 Å². The number of aliphatic hydroxyl groups excluding tert-OH is 1. The van der Waals surface area contributed by atoms with Crippen molar-refractivity contribution >= 4 is 9.84 Å². The van der Waals surface area contributed by atoms with E-state index in [4.69, 9.17) is 0 Å². The summed E-state index contributed by atoms with van der Waals surface area (Å²) >= 11 is 0. The number of aliphatic hydroxyl groups is 1. The van der Waals surface area contributed by atoms with E-state index >= 15 is 0 Å². The van der Waals surface area contributed by atoms with Gasteiger partial charge in [-0.2, -0.15) is 0 Å². The van der Waals surface area contributed by atoms with Gasteiger partial charge in [0, 0.05) is 24.3 Å². The molecule has 0 amide bonds. The predicted octanol–water partition coefficient (Wildman–Crippen LogP) is 1.20. The quantitative estimate of drug-likeness (QED) is 0.583. The molecule has 0 bridgehead atoms. The zero-order valence-electron chi connectivity index (χ0n) is 11.3. The lowest BCUT2D eigenvalue weighted by atomic mass is 9.83. The summed E-state index contributed by atoms with van der Waals surface area (Å²) in [7, 11) is -2.84. The maximum absolute atomic E-state index is 11.3. The largest absolute Gasteiger partial charge is 0.396 e. The lowest BCUT2D eigenvalue weighted by molar-refractivity contribution is 0.113. The molecular formula is C12H27NO3S. The van der Waals surface area contributed by atoms with Crippen LogP contribution in [0.5, 0.6) is 0 Å². The second-order valence-corrected chi connectivity index (χ2v) is 7.10. The Labute approximate surface area is 106 Å². The summed E-state index contributed by atoms with van der Waals surface area (Å²) in [6.07, 6.45) is 2.51. The Morgan fingerprint density at radius 3 is 2.18 bits per heavy atom. The second kappa shape index (κ2) is 8.06. The Kier molecular flexibility index (Phi) is 8.00. The summed E-state index contributed by atoms with van der Waals surface area (Å²) in [4.78, 5) is 0. The molecule has 0 aliphatic rings. The highest BCUT2D eigenvalue weighted by Gasteiger charge is 2.24. The highest BCUT2D eigenvalue weighted by Crippen LogP contribution is 2.24. The van der Waals surface area contributed by atoms with E-state index in [1.165, 1.54) is 0 Å². The molecular weight excluding hydrogens is 238 g/mol. The fourth-order valence-electron chi connectivity index (χ4n) is 1.69. The molecule has 0 aromatic rings. The molecule has 0 atom stereocenters. The zero-order valence-corrected chi connectivity index (χ0v) is 12.1. The minimum atomic E-state index is -2.84. The number of hydrogen-bond acceptors (Lipinski definition) is 4. The summed E-state index contributed by atoms with van der Waals surface area (Å²) < 4.78 is 22.5. The van der Waals surface area contributed by atoms with Gasteiger partial charge in [-0.05, 0) is 25.8 Å². The second-order valence-electron chi connectivity index (χ2n) is 4.63. The van der Waals surface area contributed by atoms with Gasteiger partial charge in [0.25, 0.3) is 0 Å². The smallest absolute Gasteiger partial charge is 0.150 e. The van der Waals surface area contributed by atoms with Crippen molar-refractivity contribution in [2.24, 2.45) is 5.41 Å². The summed E-state index contributed by atoms with van der Waals surface area (Å²) in [6, 6.07) is 0. The van der Waals surface area contributed by atoms with Crippen molar-refractivity contribution in [3.8, 4) is 0 Å². The molecule has 0 saturated heterocycles. The van der Waals surface area contributed by atoms with Gasteiger partial charge >= 0.3 is 0 Å². The predicted molar refractivity (Wildman–Crippen MR) is 71.9 cm³/mol. The molecule has 17 heavy (non-hydrogen) atoms. The van der Waals surface area contributed by atoms with Gasteiger partial charge in [0.1, 0.15) is 9.84 Å². The molecule has 0 spiro atoms. The van der Waals surface area contributed by atoms with Crippen molar-refractivity contribution < 1.29 is 13.5 Å². The fourth-order valence-corrected chi connectivity index (χ4v) is 2.57. The molecule has 0 heterocycles. The molecule has 104 valence electrons. The first kappa shape index (κ1) is 16.9. The van der Waals surface area contributed by atoms with Gasteiger partial charge in [0.2, 0.25) is 0 Å². The van der Waals surface area contributed by atoms with E-state index in [0.29, 0.717) is 13.0 Å². The van der Waals surface area contributed by atoms with Gasteiger partial charge in [0.05, 0.1) is 5.75 Å². The molecule has 0 aliphatic carbocycles. The Morgan fingerprint density at radius 2 is 1.76 bits per heavy atom. The van der Waals surface area contributed by atoms with Crippen molar-refractivity contribution in [3.05, 3.63) is 0 Å². The van der Waals surface area contributed by atoms with Crippen LogP contribution in [0.15, 0.2) is 0 Å². The van der Waals surface area contributed by atoms with E-state index < -0.39 is 9.84 Å². The van der Waals surface area contributed by atoms with Gasteiger partial charge < -0.3 is 10.4 Å². The minimum Gasteiger partial charge on any atom is -0.396 e. The highest BCUT2D eigenvalue weighted by molar-refractivity contribution is 7.91. The molecule has 5 heteroatoms. The van der Waals surface area contributed by atoms with E-state index in [2.05, 4.69) is 19.2 Å². The van der Waals surface area contributed by atoms with Crippen LogP contribution >= 0.6 is 0 Å². The molecule has 0 fully saturated rings. The molecule has 2 N–H and O–H groups in total. The summed E-state index contributed by atoms with van der Waals surface area (Å²) in [5, 5.41) is 12.6. The van der Waals surface area contributed by atoms with Gasteiger partial charge in [0.15, 0.2) is 0 Å². The maximum atomic E-state index is 11.3. The normalized spacial score (nSPS) is 12.9.